The molecule has 3 nitrogen and oxygen atoms in total. The maximum Gasteiger partial charge on any atom is 0.222 e. The Morgan fingerprint density at radius 2 is 1.89 bits per heavy atom. The Hall–Kier alpha value is -0.570. The normalized spacial score (nSPS) is 25.1. The number of carbonyl (C=O) groups excluding carboxylic acids is 1. The van der Waals surface area contributed by atoms with Crippen LogP contribution in [-0.4, -0.2) is 29.9 Å². The lowest BCUT2D eigenvalue weighted by Gasteiger charge is -2.28. The highest BCUT2D eigenvalue weighted by Crippen LogP contribution is 2.27. The van der Waals surface area contributed by atoms with Gasteiger partial charge in [0.1, 0.15) is 0 Å². The van der Waals surface area contributed by atoms with Crippen molar-refractivity contribution in [3.05, 3.63) is 0 Å². The van der Waals surface area contributed by atoms with Crippen LogP contribution in [0, 0.1) is 11.8 Å². The second-order valence-corrected chi connectivity index (χ2v) is 6.27. The van der Waals surface area contributed by atoms with Crippen LogP contribution in [0.4, 0.5) is 0 Å². The van der Waals surface area contributed by atoms with Crippen LogP contribution < -0.4 is 5.73 Å². The van der Waals surface area contributed by atoms with Gasteiger partial charge < -0.3 is 10.6 Å². The maximum absolute atomic E-state index is 12.2. The van der Waals surface area contributed by atoms with Crippen molar-refractivity contribution in [3.8, 4) is 0 Å². The summed E-state index contributed by atoms with van der Waals surface area (Å²) >= 11 is 0. The molecule has 0 aromatic carbocycles. The minimum atomic E-state index is 0.345. The number of hydrogen-bond donors (Lipinski definition) is 1. The molecule has 0 aromatic heterocycles. The Morgan fingerprint density at radius 3 is 2.42 bits per heavy atom. The Balaban J connectivity index is 2.28. The van der Waals surface area contributed by atoms with Crippen LogP contribution in [0.25, 0.3) is 0 Å². The molecule has 1 fully saturated rings. The van der Waals surface area contributed by atoms with Crippen LogP contribution in [0.2, 0.25) is 0 Å². The average molecular weight is 268 g/mol. The van der Waals surface area contributed by atoms with Gasteiger partial charge in [-0.25, -0.2) is 0 Å². The minimum absolute atomic E-state index is 0.345. The first-order valence-corrected chi connectivity index (χ1v) is 8.10. The fourth-order valence-electron chi connectivity index (χ4n) is 2.88. The van der Waals surface area contributed by atoms with Crippen molar-refractivity contribution >= 4 is 5.91 Å². The molecule has 1 aliphatic carbocycles. The molecule has 1 aliphatic rings. The van der Waals surface area contributed by atoms with Gasteiger partial charge in [-0.1, -0.05) is 20.3 Å². The van der Waals surface area contributed by atoms with Crippen molar-refractivity contribution in [2.45, 2.75) is 71.8 Å². The number of nitrogens with two attached hydrogens (primary N) is 1. The first-order chi connectivity index (χ1) is 9.06. The van der Waals surface area contributed by atoms with E-state index < -0.39 is 0 Å². The summed E-state index contributed by atoms with van der Waals surface area (Å²) in [4.78, 5) is 14.3. The summed E-state index contributed by atoms with van der Waals surface area (Å²) < 4.78 is 0. The summed E-state index contributed by atoms with van der Waals surface area (Å²) in [5, 5.41) is 0. The van der Waals surface area contributed by atoms with Gasteiger partial charge in [0, 0.05) is 25.6 Å². The molecule has 0 spiro atoms. The molecule has 0 aromatic rings. The Labute approximate surface area is 118 Å². The van der Waals surface area contributed by atoms with Gasteiger partial charge in [0.25, 0.3) is 0 Å². The largest absolute Gasteiger partial charge is 0.343 e. The summed E-state index contributed by atoms with van der Waals surface area (Å²) in [6.45, 7) is 8.26. The van der Waals surface area contributed by atoms with E-state index in [1.54, 1.807) is 0 Å². The van der Waals surface area contributed by atoms with E-state index >= 15 is 0 Å². The van der Waals surface area contributed by atoms with Gasteiger partial charge in [-0.3, -0.25) is 4.79 Å². The summed E-state index contributed by atoms with van der Waals surface area (Å²) in [6.07, 6.45) is 7.64. The predicted octanol–water partition coefficient (Wildman–Crippen LogP) is 3.18. The lowest BCUT2D eigenvalue weighted by atomic mass is 9.83. The number of amides is 1. The third-order valence-electron chi connectivity index (χ3n) is 4.62. The second kappa shape index (κ2) is 8.57. The van der Waals surface area contributed by atoms with Gasteiger partial charge in [0.05, 0.1) is 0 Å². The first-order valence-electron chi connectivity index (χ1n) is 8.10. The van der Waals surface area contributed by atoms with Crippen molar-refractivity contribution in [1.29, 1.82) is 0 Å². The molecule has 19 heavy (non-hydrogen) atoms. The number of rotatable bonds is 7. The van der Waals surface area contributed by atoms with Gasteiger partial charge in [-0.05, 0) is 50.9 Å². The maximum atomic E-state index is 12.2. The first kappa shape index (κ1) is 16.5. The van der Waals surface area contributed by atoms with E-state index in [9.17, 15) is 4.79 Å². The van der Waals surface area contributed by atoms with Crippen LogP contribution in [0.5, 0.6) is 0 Å². The molecule has 1 saturated carbocycles. The van der Waals surface area contributed by atoms with E-state index in [0.29, 0.717) is 17.9 Å². The summed E-state index contributed by atoms with van der Waals surface area (Å²) in [5.74, 6) is 1.68. The third-order valence-corrected chi connectivity index (χ3v) is 4.62. The van der Waals surface area contributed by atoms with E-state index in [2.05, 4.69) is 20.8 Å². The highest BCUT2D eigenvalue weighted by Gasteiger charge is 2.21. The Morgan fingerprint density at radius 1 is 1.26 bits per heavy atom. The van der Waals surface area contributed by atoms with Gasteiger partial charge in [0.2, 0.25) is 5.91 Å². The van der Waals surface area contributed by atoms with Gasteiger partial charge in [0.15, 0.2) is 0 Å². The van der Waals surface area contributed by atoms with Crippen molar-refractivity contribution < 1.29 is 4.79 Å². The quantitative estimate of drug-likeness (QED) is 0.771. The highest BCUT2D eigenvalue weighted by atomic mass is 16.2. The van der Waals surface area contributed by atoms with E-state index in [-0.39, 0.29) is 0 Å². The molecule has 1 atom stereocenters. The van der Waals surface area contributed by atoms with Crippen molar-refractivity contribution in [2.24, 2.45) is 17.6 Å². The molecule has 1 unspecified atom stereocenters. The Kier molecular flexibility index (Phi) is 7.44. The standard InChI is InChI=1S/C16H32N2O/c1-4-13(3)12-18(5-2)16(19)11-8-14-6-9-15(17)10-7-14/h13-15H,4-12,17H2,1-3H3. The van der Waals surface area contributed by atoms with Crippen molar-refractivity contribution in [3.63, 3.8) is 0 Å². The monoisotopic (exact) mass is 268 g/mol. The van der Waals surface area contributed by atoms with E-state index in [1.165, 1.54) is 12.8 Å². The summed E-state index contributed by atoms with van der Waals surface area (Å²) in [6, 6.07) is 0.407. The molecule has 0 heterocycles. The fraction of sp³-hybridized carbons (Fsp3) is 0.938. The van der Waals surface area contributed by atoms with Crippen LogP contribution >= 0.6 is 0 Å². The lowest BCUT2D eigenvalue weighted by Crippen LogP contribution is -2.35. The van der Waals surface area contributed by atoms with Crippen molar-refractivity contribution in [2.75, 3.05) is 13.1 Å². The Bertz CT molecular complexity index is 259. The zero-order valence-electron chi connectivity index (χ0n) is 13.0. The minimum Gasteiger partial charge on any atom is -0.343 e. The molecule has 1 amide bonds. The fourth-order valence-corrected chi connectivity index (χ4v) is 2.88. The van der Waals surface area contributed by atoms with E-state index in [4.69, 9.17) is 5.73 Å². The molecule has 0 radical (unpaired) electrons. The molecule has 112 valence electrons. The van der Waals surface area contributed by atoms with Gasteiger partial charge >= 0.3 is 0 Å². The smallest absolute Gasteiger partial charge is 0.222 e. The highest BCUT2D eigenvalue weighted by molar-refractivity contribution is 5.76. The van der Waals surface area contributed by atoms with Gasteiger partial charge in [-0.2, -0.15) is 0 Å². The number of carbonyl (C=O) groups is 1. The molecule has 0 aliphatic heterocycles. The predicted molar refractivity (Wildman–Crippen MR) is 80.9 cm³/mol. The van der Waals surface area contributed by atoms with E-state index in [0.717, 1.165) is 51.1 Å². The molecule has 0 saturated heterocycles. The second-order valence-electron chi connectivity index (χ2n) is 6.27. The summed E-state index contributed by atoms with van der Waals surface area (Å²) in [7, 11) is 0. The molecule has 2 N–H and O–H groups in total. The van der Waals surface area contributed by atoms with Crippen molar-refractivity contribution in [1.82, 2.24) is 4.90 Å². The van der Waals surface area contributed by atoms with Crippen LogP contribution in [-0.2, 0) is 4.79 Å². The zero-order valence-corrected chi connectivity index (χ0v) is 13.0. The van der Waals surface area contributed by atoms with Crippen LogP contribution in [0.1, 0.15) is 65.7 Å². The number of hydrogen-bond acceptors (Lipinski definition) is 2. The lowest BCUT2D eigenvalue weighted by molar-refractivity contribution is -0.132. The molecule has 0 bridgehead atoms. The summed E-state index contributed by atoms with van der Waals surface area (Å²) in [5.41, 5.74) is 5.92. The third kappa shape index (κ3) is 5.94. The molecule has 1 rings (SSSR count). The molecule has 3 heteroatoms. The van der Waals surface area contributed by atoms with E-state index in [1.807, 2.05) is 4.90 Å². The molecular formula is C16H32N2O. The number of nitrogens with zero attached hydrogens (tertiary/aromatic N) is 1. The zero-order chi connectivity index (χ0) is 14.3. The van der Waals surface area contributed by atoms with Crippen LogP contribution in [0.15, 0.2) is 0 Å². The van der Waals surface area contributed by atoms with Gasteiger partial charge in [-0.15, -0.1) is 0 Å². The average Bonchev–Trinajstić information content (AvgIpc) is 2.43. The topological polar surface area (TPSA) is 46.3 Å². The SMILES string of the molecule is CCC(C)CN(CC)C(=O)CCC1CCC(N)CC1. The van der Waals surface area contributed by atoms with Crippen LogP contribution in [0.3, 0.4) is 0 Å². The molecular weight excluding hydrogens is 236 g/mol.